The molecule has 0 aliphatic heterocycles. The van der Waals surface area contributed by atoms with Crippen molar-refractivity contribution in [3.05, 3.63) is 200 Å². The second-order valence-electron chi connectivity index (χ2n) is 14.1. The number of nitrogens with zero attached hydrogens (tertiary/aromatic N) is 1. The van der Waals surface area contributed by atoms with Crippen LogP contribution in [0.1, 0.15) is 0 Å². The highest BCUT2D eigenvalue weighted by Crippen LogP contribution is 2.45. The van der Waals surface area contributed by atoms with Crippen LogP contribution in [0.15, 0.2) is 205 Å². The number of benzene rings is 10. The monoisotopic (exact) mass is 687 g/mol. The van der Waals surface area contributed by atoms with Crippen molar-refractivity contribution in [3.63, 3.8) is 0 Å². The molecule has 2 heteroatoms. The molecular weight excluding hydrogens is 655 g/mol. The minimum absolute atomic E-state index is 0.919. The van der Waals surface area contributed by atoms with Crippen LogP contribution >= 0.6 is 0 Å². The summed E-state index contributed by atoms with van der Waals surface area (Å²) in [5.41, 5.74) is 9.92. The Kier molecular flexibility index (Phi) is 6.90. The molecule has 0 unspecified atom stereocenters. The van der Waals surface area contributed by atoms with Gasteiger partial charge in [0.1, 0.15) is 11.2 Å². The van der Waals surface area contributed by atoms with Crippen LogP contribution in [0.3, 0.4) is 0 Å². The normalized spacial score (nSPS) is 11.7. The number of anilines is 3. The first-order chi connectivity index (χ1) is 26.8. The second kappa shape index (κ2) is 12.2. The lowest BCUT2D eigenvalue weighted by Crippen LogP contribution is -2.11. The Morgan fingerprint density at radius 3 is 1.81 bits per heavy atom. The highest BCUT2D eigenvalue weighted by atomic mass is 16.3. The van der Waals surface area contributed by atoms with Crippen molar-refractivity contribution in [1.29, 1.82) is 0 Å². The molecule has 0 radical (unpaired) electrons. The summed E-state index contributed by atoms with van der Waals surface area (Å²) in [5, 5.41) is 12.3. The van der Waals surface area contributed by atoms with Crippen LogP contribution in [0.4, 0.5) is 17.1 Å². The van der Waals surface area contributed by atoms with E-state index in [0.717, 1.165) is 33.6 Å². The van der Waals surface area contributed by atoms with E-state index in [1.54, 1.807) is 0 Å². The summed E-state index contributed by atoms with van der Waals surface area (Å²) >= 11 is 0. The second-order valence-corrected chi connectivity index (χ2v) is 14.1. The van der Waals surface area contributed by atoms with E-state index in [1.165, 1.54) is 70.7 Å². The number of hydrogen-bond acceptors (Lipinski definition) is 2. The molecular formula is C52H33NO. The lowest BCUT2D eigenvalue weighted by Gasteiger charge is -2.28. The fourth-order valence-electron chi connectivity index (χ4n) is 8.51. The lowest BCUT2D eigenvalue weighted by molar-refractivity contribution is 0.669. The molecule has 0 aliphatic carbocycles. The number of furan rings is 1. The van der Waals surface area contributed by atoms with Crippen LogP contribution in [0.5, 0.6) is 0 Å². The van der Waals surface area contributed by atoms with Crippen molar-refractivity contribution >= 4 is 82.1 Å². The SMILES string of the molecule is c1ccc(-c2ccccc2N(c2ccc(-c3ccc4c5ccccc5c5c(ccc6oc7ccccc7c65)c4c3)cc2)c2ccc3ccccc3c2)cc1. The molecule has 2 nitrogen and oxygen atoms in total. The van der Waals surface area contributed by atoms with Gasteiger partial charge in [-0.2, -0.15) is 0 Å². The zero-order chi connectivity index (χ0) is 35.6. The third kappa shape index (κ3) is 4.81. The molecule has 0 aliphatic rings. The van der Waals surface area contributed by atoms with Crippen LogP contribution in [-0.2, 0) is 0 Å². The molecule has 252 valence electrons. The van der Waals surface area contributed by atoms with Gasteiger partial charge in [-0.25, -0.2) is 0 Å². The largest absolute Gasteiger partial charge is 0.456 e. The predicted octanol–water partition coefficient (Wildman–Crippen LogP) is 15.0. The molecule has 1 aromatic heterocycles. The molecule has 0 bridgehead atoms. The summed E-state index contributed by atoms with van der Waals surface area (Å²) in [6.45, 7) is 0. The zero-order valence-electron chi connectivity index (χ0n) is 29.4. The van der Waals surface area contributed by atoms with E-state index in [-0.39, 0.29) is 0 Å². The Labute approximate surface area is 312 Å². The maximum Gasteiger partial charge on any atom is 0.136 e. The third-order valence-corrected chi connectivity index (χ3v) is 11.0. The first kappa shape index (κ1) is 30.5. The summed E-state index contributed by atoms with van der Waals surface area (Å²) in [6, 6.07) is 72.2. The first-order valence-electron chi connectivity index (χ1n) is 18.5. The molecule has 0 atom stereocenters. The number of hydrogen-bond donors (Lipinski definition) is 0. The smallest absolute Gasteiger partial charge is 0.136 e. The van der Waals surface area contributed by atoms with E-state index in [4.69, 9.17) is 4.42 Å². The third-order valence-electron chi connectivity index (χ3n) is 11.0. The van der Waals surface area contributed by atoms with Crippen molar-refractivity contribution in [2.75, 3.05) is 4.90 Å². The molecule has 54 heavy (non-hydrogen) atoms. The minimum Gasteiger partial charge on any atom is -0.456 e. The van der Waals surface area contributed by atoms with E-state index in [0.29, 0.717) is 0 Å². The van der Waals surface area contributed by atoms with E-state index in [1.807, 2.05) is 6.07 Å². The maximum atomic E-state index is 6.36. The van der Waals surface area contributed by atoms with Crippen LogP contribution in [0.2, 0.25) is 0 Å². The van der Waals surface area contributed by atoms with Gasteiger partial charge in [-0.05, 0) is 109 Å². The fourth-order valence-corrected chi connectivity index (χ4v) is 8.51. The average molecular weight is 688 g/mol. The summed E-state index contributed by atoms with van der Waals surface area (Å²) < 4.78 is 6.36. The van der Waals surface area contributed by atoms with Crippen LogP contribution < -0.4 is 4.90 Å². The Balaban J connectivity index is 1.08. The van der Waals surface area contributed by atoms with Crippen LogP contribution in [0, 0.1) is 0 Å². The standard InChI is InChI=1S/C52H33NO/c1-2-13-36(14-3-1)41-16-8-10-20-48(41)53(40-28-24-34-12-4-5-15-37(34)32-40)39-26-22-35(23-27-39)38-25-29-43-42-17-6-7-18-44(42)51-45(47(43)33-38)30-31-50-52(51)46-19-9-11-21-49(46)54-50/h1-33H. The predicted molar refractivity (Wildman–Crippen MR) is 229 cm³/mol. The summed E-state index contributed by atoms with van der Waals surface area (Å²) in [5.74, 6) is 0. The fraction of sp³-hybridized carbons (Fsp3) is 0. The summed E-state index contributed by atoms with van der Waals surface area (Å²) in [6.07, 6.45) is 0. The van der Waals surface area contributed by atoms with Crippen LogP contribution in [0.25, 0.3) is 87.3 Å². The maximum absolute atomic E-state index is 6.36. The van der Waals surface area contributed by atoms with Gasteiger partial charge in [-0.1, -0.05) is 146 Å². The topological polar surface area (TPSA) is 16.4 Å². The van der Waals surface area contributed by atoms with E-state index >= 15 is 0 Å². The van der Waals surface area contributed by atoms with Gasteiger partial charge < -0.3 is 9.32 Å². The Bertz CT molecular complexity index is 3210. The number of fused-ring (bicyclic) bond motifs is 11. The van der Waals surface area contributed by atoms with Gasteiger partial charge in [0.05, 0.1) is 5.69 Å². The molecule has 0 saturated heterocycles. The van der Waals surface area contributed by atoms with Gasteiger partial charge in [0, 0.05) is 33.1 Å². The van der Waals surface area contributed by atoms with Crippen molar-refractivity contribution in [2.45, 2.75) is 0 Å². The first-order valence-corrected chi connectivity index (χ1v) is 18.5. The quantitative estimate of drug-likeness (QED) is 0.168. The number of para-hydroxylation sites is 2. The number of rotatable bonds is 5. The Morgan fingerprint density at radius 1 is 0.315 bits per heavy atom. The average Bonchev–Trinajstić information content (AvgIpc) is 3.63. The van der Waals surface area contributed by atoms with Gasteiger partial charge in [0.2, 0.25) is 0 Å². The molecule has 0 N–H and O–H groups in total. The molecule has 0 fully saturated rings. The minimum atomic E-state index is 0.919. The van der Waals surface area contributed by atoms with Crippen LogP contribution in [-0.4, -0.2) is 0 Å². The van der Waals surface area contributed by atoms with Gasteiger partial charge >= 0.3 is 0 Å². The van der Waals surface area contributed by atoms with Gasteiger partial charge in [-0.15, -0.1) is 0 Å². The van der Waals surface area contributed by atoms with Crippen molar-refractivity contribution < 1.29 is 4.42 Å². The molecule has 10 aromatic carbocycles. The Morgan fingerprint density at radius 2 is 0.944 bits per heavy atom. The molecule has 0 amide bonds. The van der Waals surface area contributed by atoms with Crippen molar-refractivity contribution in [3.8, 4) is 22.3 Å². The van der Waals surface area contributed by atoms with E-state index < -0.39 is 0 Å². The summed E-state index contributed by atoms with van der Waals surface area (Å²) in [7, 11) is 0. The van der Waals surface area contributed by atoms with Gasteiger partial charge in [0.25, 0.3) is 0 Å². The van der Waals surface area contributed by atoms with Gasteiger partial charge in [0.15, 0.2) is 0 Å². The molecule has 11 rings (SSSR count). The van der Waals surface area contributed by atoms with E-state index in [9.17, 15) is 0 Å². The Hall–Kier alpha value is -7.16. The highest BCUT2D eigenvalue weighted by molar-refractivity contribution is 6.34. The summed E-state index contributed by atoms with van der Waals surface area (Å²) in [4.78, 5) is 2.39. The van der Waals surface area contributed by atoms with Crippen molar-refractivity contribution in [2.24, 2.45) is 0 Å². The molecule has 11 aromatic rings. The molecule has 0 saturated carbocycles. The van der Waals surface area contributed by atoms with E-state index in [2.05, 4.69) is 199 Å². The lowest BCUT2D eigenvalue weighted by atomic mass is 9.90. The van der Waals surface area contributed by atoms with Crippen molar-refractivity contribution in [1.82, 2.24) is 0 Å². The molecule has 1 heterocycles. The highest BCUT2D eigenvalue weighted by Gasteiger charge is 2.19. The zero-order valence-corrected chi connectivity index (χ0v) is 29.4. The molecule has 0 spiro atoms. The van der Waals surface area contributed by atoms with Gasteiger partial charge in [-0.3, -0.25) is 0 Å².